The Bertz CT molecular complexity index is 944. The Morgan fingerprint density at radius 3 is 2.12 bits per heavy atom. The molecule has 0 spiro atoms. The number of aryl methyl sites for hydroxylation is 3. The Balaban J connectivity index is 2.21. The number of methoxy groups -OCH3 is 1. The molecule has 0 fully saturated rings. The van der Waals surface area contributed by atoms with Gasteiger partial charge >= 0.3 is 11.8 Å². The van der Waals surface area contributed by atoms with Crippen LogP contribution in [0.4, 0.5) is 5.69 Å². The van der Waals surface area contributed by atoms with Crippen molar-refractivity contribution in [3.8, 4) is 5.75 Å². The van der Waals surface area contributed by atoms with Gasteiger partial charge in [0.2, 0.25) is 0 Å². The zero-order valence-electron chi connectivity index (χ0n) is 14.9. The lowest BCUT2D eigenvalue weighted by atomic mass is 10.1. The van der Waals surface area contributed by atoms with Crippen molar-refractivity contribution in [1.29, 1.82) is 0 Å². The van der Waals surface area contributed by atoms with Crippen LogP contribution in [0.1, 0.15) is 16.7 Å². The average molecular weight is 376 g/mol. The summed E-state index contributed by atoms with van der Waals surface area (Å²) in [6.07, 6.45) is 0. The molecule has 2 amide bonds. The number of anilines is 1. The molecule has 8 heteroatoms. The number of ether oxygens (including phenoxy) is 1. The van der Waals surface area contributed by atoms with E-state index in [0.717, 1.165) is 16.7 Å². The zero-order valence-corrected chi connectivity index (χ0v) is 15.7. The molecule has 2 aromatic rings. The molecule has 0 aliphatic carbocycles. The van der Waals surface area contributed by atoms with Crippen LogP contribution in [0.25, 0.3) is 0 Å². The monoisotopic (exact) mass is 376 g/mol. The molecule has 2 N–H and O–H groups in total. The van der Waals surface area contributed by atoms with Gasteiger partial charge in [-0.2, -0.15) is 0 Å². The third kappa shape index (κ3) is 4.20. The second kappa shape index (κ2) is 7.57. The highest BCUT2D eigenvalue weighted by atomic mass is 32.2. The van der Waals surface area contributed by atoms with Gasteiger partial charge in [-0.15, -0.1) is 0 Å². The van der Waals surface area contributed by atoms with Crippen LogP contribution in [0.2, 0.25) is 0 Å². The van der Waals surface area contributed by atoms with E-state index in [4.69, 9.17) is 4.74 Å². The van der Waals surface area contributed by atoms with Crippen LogP contribution in [0.3, 0.4) is 0 Å². The Morgan fingerprint density at radius 2 is 1.54 bits per heavy atom. The van der Waals surface area contributed by atoms with E-state index >= 15 is 0 Å². The van der Waals surface area contributed by atoms with Crippen LogP contribution in [0.5, 0.6) is 5.75 Å². The van der Waals surface area contributed by atoms with E-state index in [-0.39, 0.29) is 10.6 Å². The van der Waals surface area contributed by atoms with E-state index in [0.29, 0.717) is 5.69 Å². The molecule has 0 heterocycles. The molecule has 138 valence electrons. The van der Waals surface area contributed by atoms with Crippen LogP contribution >= 0.6 is 0 Å². The molecule has 0 aliphatic heterocycles. The number of rotatable bonds is 4. The molecule has 0 saturated heterocycles. The Hall–Kier alpha value is -2.87. The predicted molar refractivity (Wildman–Crippen MR) is 97.6 cm³/mol. The highest BCUT2D eigenvalue weighted by Crippen LogP contribution is 2.23. The summed E-state index contributed by atoms with van der Waals surface area (Å²) in [4.78, 5) is 24.0. The van der Waals surface area contributed by atoms with Gasteiger partial charge in [0.1, 0.15) is 10.6 Å². The maximum absolute atomic E-state index is 12.4. The quantitative estimate of drug-likeness (QED) is 0.796. The normalized spacial score (nSPS) is 10.9. The summed E-state index contributed by atoms with van der Waals surface area (Å²) in [7, 11) is -2.94. The van der Waals surface area contributed by atoms with Gasteiger partial charge in [-0.1, -0.05) is 29.8 Å². The minimum atomic E-state index is -4.25. The standard InChI is InChI=1S/C18H20N2O5S/c1-11-9-12(2)16(13(3)10-11)19-17(21)18(22)20-26(23,24)15-8-6-5-7-14(15)25-4/h5-10H,1-4H3,(H,19,21)(H,20,22). The molecule has 0 aromatic heterocycles. The first kappa shape index (κ1) is 19.5. The smallest absolute Gasteiger partial charge is 0.323 e. The van der Waals surface area contributed by atoms with E-state index in [1.165, 1.54) is 25.3 Å². The van der Waals surface area contributed by atoms with E-state index < -0.39 is 21.8 Å². The number of amides is 2. The molecule has 0 saturated carbocycles. The van der Waals surface area contributed by atoms with Crippen molar-refractivity contribution in [1.82, 2.24) is 4.72 Å². The minimum absolute atomic E-state index is 0.0680. The molecule has 0 unspecified atom stereocenters. The van der Waals surface area contributed by atoms with Gasteiger partial charge in [0.15, 0.2) is 0 Å². The van der Waals surface area contributed by atoms with Gasteiger partial charge in [0, 0.05) is 5.69 Å². The number of para-hydroxylation sites is 1. The largest absolute Gasteiger partial charge is 0.495 e. The van der Waals surface area contributed by atoms with Crippen molar-refractivity contribution in [2.24, 2.45) is 0 Å². The van der Waals surface area contributed by atoms with Crippen molar-refractivity contribution < 1.29 is 22.7 Å². The summed E-state index contributed by atoms with van der Waals surface area (Å²) < 4.78 is 31.5. The second-order valence-electron chi connectivity index (χ2n) is 5.81. The molecule has 26 heavy (non-hydrogen) atoms. The average Bonchev–Trinajstić information content (AvgIpc) is 2.57. The number of carbonyl (C=O) groups is 2. The summed E-state index contributed by atoms with van der Waals surface area (Å²) in [6.45, 7) is 5.50. The van der Waals surface area contributed by atoms with Gasteiger partial charge in [-0.3, -0.25) is 9.59 Å². The zero-order chi connectivity index (χ0) is 19.5. The SMILES string of the molecule is COc1ccccc1S(=O)(=O)NC(=O)C(=O)Nc1c(C)cc(C)cc1C. The van der Waals surface area contributed by atoms with Crippen molar-refractivity contribution in [2.45, 2.75) is 25.7 Å². The van der Waals surface area contributed by atoms with Crippen LogP contribution < -0.4 is 14.8 Å². The van der Waals surface area contributed by atoms with Crippen LogP contribution in [-0.4, -0.2) is 27.3 Å². The van der Waals surface area contributed by atoms with Gasteiger partial charge in [0.05, 0.1) is 7.11 Å². The predicted octanol–water partition coefficient (Wildman–Crippen LogP) is 2.06. The number of sulfonamides is 1. The fourth-order valence-electron chi connectivity index (χ4n) is 2.61. The molecule has 2 aromatic carbocycles. The summed E-state index contributed by atoms with van der Waals surface area (Å²) in [5.41, 5.74) is 3.04. The highest BCUT2D eigenvalue weighted by molar-refractivity contribution is 7.90. The van der Waals surface area contributed by atoms with Crippen molar-refractivity contribution >= 4 is 27.5 Å². The van der Waals surface area contributed by atoms with Crippen LogP contribution in [0, 0.1) is 20.8 Å². The van der Waals surface area contributed by atoms with Gasteiger partial charge < -0.3 is 10.1 Å². The molecule has 2 rings (SSSR count). The molecular formula is C18H20N2O5S. The summed E-state index contributed by atoms with van der Waals surface area (Å²) in [5, 5.41) is 2.46. The molecule has 0 aliphatic rings. The highest BCUT2D eigenvalue weighted by Gasteiger charge is 2.26. The summed E-state index contributed by atoms with van der Waals surface area (Å²) >= 11 is 0. The second-order valence-corrected chi connectivity index (χ2v) is 7.46. The molecular weight excluding hydrogens is 356 g/mol. The third-order valence-electron chi connectivity index (χ3n) is 3.71. The van der Waals surface area contributed by atoms with Crippen molar-refractivity contribution in [2.75, 3.05) is 12.4 Å². The van der Waals surface area contributed by atoms with Gasteiger partial charge in [-0.05, 0) is 44.0 Å². The van der Waals surface area contributed by atoms with E-state index in [1.807, 2.05) is 19.1 Å². The summed E-state index contributed by atoms with van der Waals surface area (Å²) in [6, 6.07) is 9.51. The topological polar surface area (TPSA) is 102 Å². The first-order valence-electron chi connectivity index (χ1n) is 7.74. The third-order valence-corrected chi connectivity index (χ3v) is 5.08. The molecule has 0 atom stereocenters. The van der Waals surface area contributed by atoms with Gasteiger partial charge in [-0.25, -0.2) is 13.1 Å². The Kier molecular flexibility index (Phi) is 5.66. The molecule has 7 nitrogen and oxygen atoms in total. The van der Waals surface area contributed by atoms with E-state index in [1.54, 1.807) is 24.6 Å². The van der Waals surface area contributed by atoms with Crippen molar-refractivity contribution in [3.05, 3.63) is 53.1 Å². The van der Waals surface area contributed by atoms with E-state index in [2.05, 4.69) is 5.32 Å². The molecule has 0 bridgehead atoms. The van der Waals surface area contributed by atoms with Crippen LogP contribution in [-0.2, 0) is 19.6 Å². The van der Waals surface area contributed by atoms with E-state index in [9.17, 15) is 18.0 Å². The first-order valence-corrected chi connectivity index (χ1v) is 9.23. The number of nitrogens with one attached hydrogen (secondary N) is 2. The molecule has 0 radical (unpaired) electrons. The van der Waals surface area contributed by atoms with Crippen molar-refractivity contribution in [3.63, 3.8) is 0 Å². The maximum Gasteiger partial charge on any atom is 0.323 e. The summed E-state index contributed by atoms with van der Waals surface area (Å²) in [5.74, 6) is -2.28. The number of benzene rings is 2. The first-order chi connectivity index (χ1) is 12.2. The fourth-order valence-corrected chi connectivity index (χ4v) is 3.73. The lowest BCUT2D eigenvalue weighted by Crippen LogP contribution is -2.39. The lowest BCUT2D eigenvalue weighted by molar-refractivity contribution is -0.135. The number of hydrogen-bond donors (Lipinski definition) is 2. The lowest BCUT2D eigenvalue weighted by Gasteiger charge is -2.13. The van der Waals surface area contributed by atoms with Crippen LogP contribution in [0.15, 0.2) is 41.3 Å². The minimum Gasteiger partial charge on any atom is -0.495 e. The number of hydrogen-bond acceptors (Lipinski definition) is 5. The van der Waals surface area contributed by atoms with Gasteiger partial charge in [0.25, 0.3) is 10.0 Å². The number of carbonyl (C=O) groups excluding carboxylic acids is 2. The fraction of sp³-hybridized carbons (Fsp3) is 0.222. The Morgan fingerprint density at radius 1 is 0.962 bits per heavy atom. The maximum atomic E-state index is 12.4. The Labute approximate surface area is 152 Å².